The van der Waals surface area contributed by atoms with Crippen molar-refractivity contribution in [3.63, 3.8) is 0 Å². The van der Waals surface area contributed by atoms with Gasteiger partial charge in [0.15, 0.2) is 0 Å². The highest BCUT2D eigenvalue weighted by Crippen LogP contribution is 2.26. The molecule has 0 bridgehead atoms. The summed E-state index contributed by atoms with van der Waals surface area (Å²) in [6, 6.07) is 4.46. The van der Waals surface area contributed by atoms with E-state index < -0.39 is 6.03 Å². The van der Waals surface area contributed by atoms with Crippen LogP contribution >= 0.6 is 23.2 Å². The molecular weight excluding hydrogens is 277 g/mol. The molecule has 0 spiro atoms. The van der Waals surface area contributed by atoms with Gasteiger partial charge >= 0.3 is 6.03 Å². The van der Waals surface area contributed by atoms with Gasteiger partial charge in [-0.05, 0) is 11.6 Å². The number of rotatable bonds is 4. The largest absolute Gasteiger partial charge is 0.352 e. The minimum Gasteiger partial charge on any atom is -0.352 e. The number of amides is 3. The van der Waals surface area contributed by atoms with Crippen molar-refractivity contribution in [3.05, 3.63) is 33.8 Å². The molecule has 1 aromatic rings. The first-order valence-electron chi connectivity index (χ1n) is 5.12. The van der Waals surface area contributed by atoms with Crippen LogP contribution in [0.4, 0.5) is 4.79 Å². The SMILES string of the molecule is CN(Cc1cccc(Cl)c1Cl)C(=O)CNC(N)=O. The standard InChI is InChI=1S/C11H13Cl2N3O2/c1-16(9(17)5-15-11(14)18)6-7-3-2-4-8(12)10(7)13/h2-4H,5-6H2,1H3,(H3,14,15,18). The summed E-state index contributed by atoms with van der Waals surface area (Å²) in [5.41, 5.74) is 5.61. The van der Waals surface area contributed by atoms with Crippen molar-refractivity contribution in [3.8, 4) is 0 Å². The number of nitrogens with zero attached hydrogens (tertiary/aromatic N) is 1. The number of hydrogen-bond donors (Lipinski definition) is 2. The molecule has 0 saturated heterocycles. The highest BCUT2D eigenvalue weighted by atomic mass is 35.5. The molecular formula is C11H13Cl2N3O2. The topological polar surface area (TPSA) is 75.4 Å². The minimum absolute atomic E-state index is 0.149. The molecule has 0 aliphatic carbocycles. The van der Waals surface area contributed by atoms with Crippen LogP contribution in [0.25, 0.3) is 0 Å². The number of nitrogens with one attached hydrogen (secondary N) is 1. The van der Waals surface area contributed by atoms with E-state index in [0.717, 1.165) is 5.56 Å². The first-order chi connectivity index (χ1) is 8.41. The number of nitrogens with two attached hydrogens (primary N) is 1. The summed E-state index contributed by atoms with van der Waals surface area (Å²) >= 11 is 11.9. The van der Waals surface area contributed by atoms with Crippen LogP contribution in [-0.4, -0.2) is 30.4 Å². The number of carbonyl (C=O) groups excluding carboxylic acids is 2. The van der Waals surface area contributed by atoms with Crippen molar-refractivity contribution in [1.29, 1.82) is 0 Å². The van der Waals surface area contributed by atoms with Gasteiger partial charge in [-0.15, -0.1) is 0 Å². The fourth-order valence-corrected chi connectivity index (χ4v) is 1.69. The van der Waals surface area contributed by atoms with Gasteiger partial charge in [0, 0.05) is 13.6 Å². The van der Waals surface area contributed by atoms with E-state index in [4.69, 9.17) is 28.9 Å². The number of primary amides is 1. The Labute approximate surface area is 115 Å². The average Bonchev–Trinajstić information content (AvgIpc) is 2.31. The molecule has 0 saturated carbocycles. The van der Waals surface area contributed by atoms with Gasteiger partial charge in [-0.1, -0.05) is 35.3 Å². The summed E-state index contributed by atoms with van der Waals surface area (Å²) in [4.78, 5) is 23.5. The van der Waals surface area contributed by atoms with E-state index in [0.29, 0.717) is 16.6 Å². The number of benzene rings is 1. The normalized spacial score (nSPS) is 9.94. The Bertz CT molecular complexity index is 466. The van der Waals surface area contributed by atoms with Crippen LogP contribution in [0.5, 0.6) is 0 Å². The molecule has 0 unspecified atom stereocenters. The van der Waals surface area contributed by atoms with Crippen LogP contribution in [-0.2, 0) is 11.3 Å². The van der Waals surface area contributed by atoms with E-state index in [-0.39, 0.29) is 12.5 Å². The van der Waals surface area contributed by atoms with E-state index in [1.54, 1.807) is 25.2 Å². The molecule has 1 rings (SSSR count). The van der Waals surface area contributed by atoms with Gasteiger partial charge in [-0.2, -0.15) is 0 Å². The van der Waals surface area contributed by atoms with Gasteiger partial charge in [0.25, 0.3) is 0 Å². The minimum atomic E-state index is -0.738. The fourth-order valence-electron chi connectivity index (χ4n) is 1.31. The molecule has 0 fully saturated rings. The quantitative estimate of drug-likeness (QED) is 0.884. The Balaban J connectivity index is 2.64. The molecule has 0 aliphatic rings. The second kappa shape index (κ2) is 6.47. The van der Waals surface area contributed by atoms with Gasteiger partial charge < -0.3 is 16.0 Å². The lowest BCUT2D eigenvalue weighted by Gasteiger charge is -2.18. The highest BCUT2D eigenvalue weighted by molar-refractivity contribution is 6.42. The maximum Gasteiger partial charge on any atom is 0.312 e. The summed E-state index contributed by atoms with van der Waals surface area (Å²) in [5, 5.41) is 3.08. The molecule has 0 radical (unpaired) electrons. The third-order valence-corrected chi connectivity index (χ3v) is 3.14. The highest BCUT2D eigenvalue weighted by Gasteiger charge is 2.12. The van der Waals surface area contributed by atoms with Crippen LogP contribution in [0.3, 0.4) is 0 Å². The molecule has 0 atom stereocenters. The first-order valence-corrected chi connectivity index (χ1v) is 5.87. The number of likely N-dealkylation sites (N-methyl/N-ethyl adjacent to an activating group) is 1. The third-order valence-electron chi connectivity index (χ3n) is 2.28. The average molecular weight is 290 g/mol. The molecule has 7 heteroatoms. The lowest BCUT2D eigenvalue weighted by atomic mass is 10.2. The van der Waals surface area contributed by atoms with Gasteiger partial charge in [0.2, 0.25) is 5.91 Å². The smallest absolute Gasteiger partial charge is 0.312 e. The van der Waals surface area contributed by atoms with Crippen molar-refractivity contribution in [2.45, 2.75) is 6.54 Å². The van der Waals surface area contributed by atoms with Crippen LogP contribution < -0.4 is 11.1 Å². The Morgan fingerprint density at radius 3 is 2.67 bits per heavy atom. The number of hydrogen-bond acceptors (Lipinski definition) is 2. The van der Waals surface area contributed by atoms with Gasteiger partial charge in [-0.3, -0.25) is 4.79 Å². The van der Waals surface area contributed by atoms with E-state index in [1.165, 1.54) is 4.90 Å². The van der Waals surface area contributed by atoms with E-state index in [1.807, 2.05) is 0 Å². The van der Waals surface area contributed by atoms with Crippen molar-refractivity contribution in [2.75, 3.05) is 13.6 Å². The van der Waals surface area contributed by atoms with Crippen molar-refractivity contribution in [1.82, 2.24) is 10.2 Å². The Hall–Kier alpha value is -1.46. The lowest BCUT2D eigenvalue weighted by Crippen LogP contribution is -2.40. The second-order valence-corrected chi connectivity index (χ2v) is 4.47. The van der Waals surface area contributed by atoms with Gasteiger partial charge in [-0.25, -0.2) is 4.79 Å². The van der Waals surface area contributed by atoms with Crippen LogP contribution in [0.15, 0.2) is 18.2 Å². The summed E-state index contributed by atoms with van der Waals surface area (Å²) in [5.74, 6) is -0.273. The van der Waals surface area contributed by atoms with Crippen LogP contribution in [0.2, 0.25) is 10.0 Å². The van der Waals surface area contributed by atoms with E-state index in [9.17, 15) is 9.59 Å². The number of carbonyl (C=O) groups is 2. The van der Waals surface area contributed by atoms with E-state index in [2.05, 4.69) is 5.32 Å². The third kappa shape index (κ3) is 4.09. The maximum absolute atomic E-state index is 11.6. The molecule has 98 valence electrons. The lowest BCUT2D eigenvalue weighted by molar-refractivity contribution is -0.129. The monoisotopic (exact) mass is 289 g/mol. The molecule has 18 heavy (non-hydrogen) atoms. The van der Waals surface area contributed by atoms with Gasteiger partial charge in [0.05, 0.1) is 16.6 Å². The molecule has 0 aromatic heterocycles. The molecule has 5 nitrogen and oxygen atoms in total. The zero-order chi connectivity index (χ0) is 13.7. The second-order valence-electron chi connectivity index (χ2n) is 3.68. The van der Waals surface area contributed by atoms with Crippen LogP contribution in [0, 0.1) is 0 Å². The fraction of sp³-hybridized carbons (Fsp3) is 0.273. The maximum atomic E-state index is 11.6. The van der Waals surface area contributed by atoms with Crippen LogP contribution in [0.1, 0.15) is 5.56 Å². The Morgan fingerprint density at radius 1 is 1.39 bits per heavy atom. The van der Waals surface area contributed by atoms with E-state index >= 15 is 0 Å². The first kappa shape index (κ1) is 14.6. The molecule has 0 aliphatic heterocycles. The van der Waals surface area contributed by atoms with Crippen molar-refractivity contribution in [2.24, 2.45) is 5.73 Å². The zero-order valence-corrected chi connectivity index (χ0v) is 11.3. The number of halogens is 2. The predicted octanol–water partition coefficient (Wildman–Crippen LogP) is 1.62. The Kier molecular flexibility index (Phi) is 5.25. The summed E-state index contributed by atoms with van der Waals surface area (Å²) in [6.45, 7) is 0.155. The number of urea groups is 1. The zero-order valence-electron chi connectivity index (χ0n) is 9.74. The predicted molar refractivity (Wildman–Crippen MR) is 70.5 cm³/mol. The summed E-state index contributed by atoms with van der Waals surface area (Å²) in [6.07, 6.45) is 0. The molecule has 1 aromatic carbocycles. The van der Waals surface area contributed by atoms with Crippen molar-refractivity contribution < 1.29 is 9.59 Å². The molecule has 3 N–H and O–H groups in total. The molecule has 0 heterocycles. The summed E-state index contributed by atoms with van der Waals surface area (Å²) in [7, 11) is 1.60. The molecule has 3 amide bonds. The van der Waals surface area contributed by atoms with Crippen molar-refractivity contribution >= 4 is 35.1 Å². The Morgan fingerprint density at radius 2 is 2.06 bits per heavy atom. The van der Waals surface area contributed by atoms with Gasteiger partial charge in [0.1, 0.15) is 0 Å². The summed E-state index contributed by atoms with van der Waals surface area (Å²) < 4.78 is 0.